The lowest BCUT2D eigenvalue weighted by molar-refractivity contribution is 0.893. The number of benzene rings is 8. The van der Waals surface area contributed by atoms with E-state index >= 15 is 0 Å². The maximum atomic E-state index is 9.53. The molecule has 0 aliphatic heterocycles. The molecule has 6 heteroatoms. The van der Waals surface area contributed by atoms with Crippen molar-refractivity contribution in [3.8, 4) is 23.3 Å². The third kappa shape index (κ3) is 5.19. The lowest BCUT2D eigenvalue weighted by Gasteiger charge is -2.34. The molecule has 57 heavy (non-hydrogen) atoms. The van der Waals surface area contributed by atoms with E-state index in [1.165, 1.54) is 36.4 Å². The molecule has 0 amide bonds. The van der Waals surface area contributed by atoms with E-state index in [2.05, 4.69) is 0 Å². The van der Waals surface area contributed by atoms with E-state index in [1.807, 2.05) is 0 Å². The van der Waals surface area contributed by atoms with Crippen LogP contribution < -0.4 is 20.7 Å². The highest BCUT2D eigenvalue weighted by Gasteiger charge is 2.41. The van der Waals surface area contributed by atoms with Crippen LogP contribution in [0.5, 0.6) is 0 Å². The largest absolute Gasteiger partial charge is 0.278 e. The molecular formula is C51H35N5Si. The molecule has 5 nitrogen and oxygen atoms in total. The molecule has 11 aromatic rings. The van der Waals surface area contributed by atoms with Crippen LogP contribution in [-0.4, -0.2) is 32.2 Å². The topological polar surface area (TPSA) is 48.5 Å². The Morgan fingerprint density at radius 1 is 0.368 bits per heavy atom. The molecule has 8 aromatic carbocycles. The van der Waals surface area contributed by atoms with Crippen molar-refractivity contribution in [3.05, 3.63) is 212 Å². The van der Waals surface area contributed by atoms with E-state index in [0.717, 1.165) is 9.13 Å². The fourth-order valence-electron chi connectivity index (χ4n) is 7.25. The smallest absolute Gasteiger partial charge is 0.240 e. The first kappa shape index (κ1) is 16.0. The third-order valence-corrected chi connectivity index (χ3v) is 14.0. The lowest BCUT2D eigenvalue weighted by atomic mass is 10.2. The predicted molar refractivity (Wildman–Crippen MR) is 238 cm³/mol. The Hall–Kier alpha value is -7.41. The Morgan fingerprint density at radius 3 is 1.23 bits per heavy atom. The Bertz CT molecular complexity index is 4310. The molecular weight excluding hydrogens is 711 g/mol. The van der Waals surface area contributed by atoms with Crippen molar-refractivity contribution in [2.45, 2.75) is 0 Å². The molecule has 3 aromatic heterocycles. The van der Waals surface area contributed by atoms with Gasteiger partial charge >= 0.3 is 0 Å². The second-order valence-electron chi connectivity index (χ2n) is 12.5. The molecule has 0 fully saturated rings. The molecule has 0 saturated heterocycles. The van der Waals surface area contributed by atoms with Gasteiger partial charge in [-0.05, 0) is 44.9 Å². The van der Waals surface area contributed by atoms with Gasteiger partial charge in [-0.15, -0.1) is 0 Å². The summed E-state index contributed by atoms with van der Waals surface area (Å²) in [6, 6.07) is -7.43. The van der Waals surface area contributed by atoms with Gasteiger partial charge in [0, 0.05) is 27.1 Å². The summed E-state index contributed by atoms with van der Waals surface area (Å²) in [4.78, 5) is 14.4. The summed E-state index contributed by atoms with van der Waals surface area (Å²) in [5, 5.41) is -2.43. The van der Waals surface area contributed by atoms with E-state index < -0.39 is 237 Å². The van der Waals surface area contributed by atoms with E-state index in [0.29, 0.717) is 0 Å². The fourth-order valence-corrected chi connectivity index (χ4v) is 11.4. The molecule has 0 unspecified atom stereocenters. The molecule has 0 N–H and O–H groups in total. The first-order valence-corrected chi connectivity index (χ1v) is 19.2. The van der Waals surface area contributed by atoms with Crippen LogP contribution in [0.3, 0.4) is 0 Å². The van der Waals surface area contributed by atoms with Crippen molar-refractivity contribution in [1.29, 1.82) is 0 Å². The standard InChI is InChI=1S/C51H35N5Si/c1-4-20-37(21-5-1)57(38-22-6-2-7-23-38,39-24-8-3-9-25-39)40-26-18-19-36(35-40)49-52-50(55-45-31-14-10-27-41(45)42-28-11-15-32-46(42)55)54-51(53-49)56-47-33-16-12-29-43(47)44-30-13-17-34-48(44)56/h1-35H/i1D,2D,4D,5D,6D,7D,10D,11D,12D,13D,14D,15D,16D,17D,20D,21D,22D,23D,27D,28D,29D,30D,31D,32D,33D,34D. The van der Waals surface area contributed by atoms with E-state index in [1.54, 1.807) is 18.2 Å². The summed E-state index contributed by atoms with van der Waals surface area (Å²) in [6.45, 7) is 0. The first-order valence-electron chi connectivity index (χ1n) is 30.2. The molecule has 3 heterocycles. The van der Waals surface area contributed by atoms with Gasteiger partial charge in [0.1, 0.15) is 0 Å². The van der Waals surface area contributed by atoms with Crippen molar-refractivity contribution in [2.75, 3.05) is 0 Å². The summed E-state index contributed by atoms with van der Waals surface area (Å²) in [5.41, 5.74) is -2.15. The maximum Gasteiger partial charge on any atom is 0.240 e. The summed E-state index contributed by atoms with van der Waals surface area (Å²) in [6.07, 6.45) is 0. The zero-order chi connectivity index (χ0) is 60.4. The Morgan fingerprint density at radius 2 is 0.772 bits per heavy atom. The highest BCUT2D eigenvalue weighted by molar-refractivity contribution is 7.19. The minimum Gasteiger partial charge on any atom is -0.278 e. The number of hydrogen-bond acceptors (Lipinski definition) is 3. The minimum absolute atomic E-state index is 0.0260. The maximum absolute atomic E-state index is 9.53. The van der Waals surface area contributed by atoms with Gasteiger partial charge in [-0.25, -0.2) is 0 Å². The van der Waals surface area contributed by atoms with E-state index in [-0.39, 0.29) is 15.9 Å². The quantitative estimate of drug-likeness (QED) is 0.120. The summed E-state index contributed by atoms with van der Waals surface area (Å²) < 4.78 is 236. The average molecular weight is 772 g/mol. The van der Waals surface area contributed by atoms with Crippen molar-refractivity contribution in [2.24, 2.45) is 0 Å². The van der Waals surface area contributed by atoms with Crippen LogP contribution >= 0.6 is 0 Å². The first-order chi connectivity index (χ1) is 39.1. The molecule has 0 spiro atoms. The fraction of sp³-hybridized carbons (Fsp3) is 0. The number of fused-ring (bicyclic) bond motifs is 6. The molecule has 11 rings (SSSR count). The highest BCUT2D eigenvalue weighted by Crippen LogP contribution is 2.34. The number of aromatic nitrogens is 5. The molecule has 268 valence electrons. The van der Waals surface area contributed by atoms with E-state index in [4.69, 9.17) is 39.6 Å². The highest BCUT2D eigenvalue weighted by atomic mass is 28.3. The van der Waals surface area contributed by atoms with Crippen molar-refractivity contribution < 1.29 is 35.6 Å². The van der Waals surface area contributed by atoms with Gasteiger partial charge in [-0.1, -0.05) is 188 Å². The SMILES string of the molecule is [2H]c1c([2H])c([2H])c([Si](c2ccccc2)(c2cccc(-c3nc(-n4c5c([2H])c([2H])c([2H])c([2H])c5c5c([2H])c([2H])c([2H])c([2H])c54)nc(-n4c5c([2H])c([2H])c([2H])c([2H])c5c5c([2H])c([2H])c([2H])c([2H])c54)n3)c2)c2c([2H])c([2H])c([2H])c([2H])c2[2H])c([2H])c1[2H]. The Balaban J connectivity index is 1.39. The third-order valence-electron chi connectivity index (χ3n) is 9.59. The van der Waals surface area contributed by atoms with Crippen molar-refractivity contribution >= 4 is 72.4 Å². The summed E-state index contributed by atoms with van der Waals surface area (Å²) >= 11 is 0. The predicted octanol–water partition coefficient (Wildman–Crippen LogP) is 9.11. The Labute approximate surface area is 367 Å². The van der Waals surface area contributed by atoms with Crippen LogP contribution in [-0.2, 0) is 0 Å². The van der Waals surface area contributed by atoms with Crippen LogP contribution in [0, 0.1) is 0 Å². The molecule has 0 aliphatic rings. The summed E-state index contributed by atoms with van der Waals surface area (Å²) in [7, 11) is -5.01. The lowest BCUT2D eigenvalue weighted by Crippen LogP contribution is -2.74. The average Bonchev–Trinajstić information content (AvgIpc) is 1.89. The number of rotatable bonds is 7. The molecule has 0 aliphatic carbocycles. The molecule has 0 saturated carbocycles. The number of nitrogens with zero attached hydrogens (tertiary/aromatic N) is 5. The molecule has 0 radical (unpaired) electrons. The molecule has 0 bridgehead atoms. The van der Waals surface area contributed by atoms with Crippen LogP contribution in [0.4, 0.5) is 0 Å². The van der Waals surface area contributed by atoms with Crippen molar-refractivity contribution in [3.63, 3.8) is 0 Å². The van der Waals surface area contributed by atoms with Gasteiger partial charge in [-0.2, -0.15) is 15.0 Å². The van der Waals surface area contributed by atoms with Gasteiger partial charge in [0.05, 0.1) is 57.7 Å². The van der Waals surface area contributed by atoms with Gasteiger partial charge in [0.15, 0.2) is 13.9 Å². The van der Waals surface area contributed by atoms with Gasteiger partial charge in [-0.3, -0.25) is 9.13 Å². The van der Waals surface area contributed by atoms with Gasteiger partial charge in [0.2, 0.25) is 11.9 Å². The Kier molecular flexibility index (Phi) is 3.76. The monoisotopic (exact) mass is 771 g/mol. The zero-order valence-corrected chi connectivity index (χ0v) is 29.9. The van der Waals surface area contributed by atoms with Gasteiger partial charge in [0.25, 0.3) is 0 Å². The summed E-state index contributed by atoms with van der Waals surface area (Å²) in [5.74, 6) is -1.95. The normalized spacial score (nSPS) is 18.2. The number of para-hydroxylation sites is 4. The minimum atomic E-state index is -5.01. The second-order valence-corrected chi connectivity index (χ2v) is 16.2. The van der Waals surface area contributed by atoms with Crippen LogP contribution in [0.15, 0.2) is 212 Å². The van der Waals surface area contributed by atoms with Crippen molar-refractivity contribution in [1.82, 2.24) is 24.1 Å². The van der Waals surface area contributed by atoms with Gasteiger partial charge < -0.3 is 0 Å². The van der Waals surface area contributed by atoms with Crippen LogP contribution in [0.2, 0.25) is 0 Å². The zero-order valence-electron chi connectivity index (χ0n) is 54.9. The van der Waals surface area contributed by atoms with E-state index in [9.17, 15) is 11.0 Å². The molecule has 0 atom stereocenters. The second kappa shape index (κ2) is 13.4. The number of hydrogen-bond donors (Lipinski definition) is 0. The van der Waals surface area contributed by atoms with Crippen LogP contribution in [0.1, 0.15) is 35.6 Å². The van der Waals surface area contributed by atoms with Crippen LogP contribution in [0.25, 0.3) is 66.9 Å².